The number of aryl methyl sites for hydroxylation is 1. The Morgan fingerprint density at radius 2 is 2.16 bits per heavy atom. The standard InChI is InChI=1S/C14H25N5/c1-11-10-18(2)8-6-12(11)15-9-14-17-16-13-5-3-4-7-19(13)14/h11-12,15H,3-10H2,1-2H3. The van der Waals surface area contributed by atoms with Crippen LogP contribution >= 0.6 is 0 Å². The number of nitrogens with zero attached hydrogens (tertiary/aromatic N) is 4. The fourth-order valence-corrected chi connectivity index (χ4v) is 3.38. The molecule has 5 nitrogen and oxygen atoms in total. The van der Waals surface area contributed by atoms with E-state index in [2.05, 4.69) is 39.0 Å². The van der Waals surface area contributed by atoms with E-state index in [1.165, 1.54) is 38.2 Å². The van der Waals surface area contributed by atoms with E-state index in [1.807, 2.05) is 0 Å². The molecule has 5 heteroatoms. The lowest BCUT2D eigenvalue weighted by Crippen LogP contribution is -2.46. The second-order valence-electron chi connectivity index (χ2n) is 6.16. The lowest BCUT2D eigenvalue weighted by Gasteiger charge is -2.35. The summed E-state index contributed by atoms with van der Waals surface area (Å²) in [5.41, 5.74) is 0. The molecule has 3 heterocycles. The van der Waals surface area contributed by atoms with Gasteiger partial charge >= 0.3 is 0 Å². The predicted molar refractivity (Wildman–Crippen MR) is 74.9 cm³/mol. The molecule has 2 unspecified atom stereocenters. The maximum Gasteiger partial charge on any atom is 0.147 e. The average molecular weight is 263 g/mol. The first kappa shape index (κ1) is 13.1. The molecule has 2 aliphatic rings. The minimum atomic E-state index is 0.618. The van der Waals surface area contributed by atoms with Crippen molar-refractivity contribution in [3.05, 3.63) is 11.6 Å². The lowest BCUT2D eigenvalue weighted by molar-refractivity contribution is 0.173. The third-order valence-electron chi connectivity index (χ3n) is 4.57. The van der Waals surface area contributed by atoms with E-state index in [9.17, 15) is 0 Å². The van der Waals surface area contributed by atoms with Crippen LogP contribution in [-0.2, 0) is 19.5 Å². The lowest BCUT2D eigenvalue weighted by atomic mass is 9.94. The zero-order chi connectivity index (χ0) is 13.2. The van der Waals surface area contributed by atoms with Gasteiger partial charge in [0.15, 0.2) is 0 Å². The molecule has 0 saturated carbocycles. The molecule has 106 valence electrons. The van der Waals surface area contributed by atoms with Crippen LogP contribution in [0.25, 0.3) is 0 Å². The Balaban J connectivity index is 1.59. The Kier molecular flexibility index (Phi) is 3.84. The first-order chi connectivity index (χ1) is 9.24. The average Bonchev–Trinajstić information content (AvgIpc) is 2.81. The Morgan fingerprint density at radius 3 is 3.00 bits per heavy atom. The second-order valence-corrected chi connectivity index (χ2v) is 6.16. The second kappa shape index (κ2) is 5.59. The summed E-state index contributed by atoms with van der Waals surface area (Å²) in [4.78, 5) is 2.42. The predicted octanol–water partition coefficient (Wildman–Crippen LogP) is 1.04. The van der Waals surface area contributed by atoms with E-state index in [4.69, 9.17) is 0 Å². The summed E-state index contributed by atoms with van der Waals surface area (Å²) in [6.45, 7) is 6.69. The van der Waals surface area contributed by atoms with Gasteiger partial charge in [-0.2, -0.15) is 0 Å². The SMILES string of the molecule is CC1CN(C)CCC1NCc1nnc2n1CCCC2. The molecule has 0 aliphatic carbocycles. The van der Waals surface area contributed by atoms with E-state index in [1.54, 1.807) is 0 Å². The van der Waals surface area contributed by atoms with Gasteiger partial charge in [0.1, 0.15) is 11.6 Å². The van der Waals surface area contributed by atoms with Gasteiger partial charge in [0.25, 0.3) is 0 Å². The van der Waals surface area contributed by atoms with Gasteiger partial charge < -0.3 is 14.8 Å². The molecule has 19 heavy (non-hydrogen) atoms. The Hall–Kier alpha value is -0.940. The number of rotatable bonds is 3. The van der Waals surface area contributed by atoms with Gasteiger partial charge in [0, 0.05) is 25.6 Å². The summed E-state index contributed by atoms with van der Waals surface area (Å²) >= 11 is 0. The van der Waals surface area contributed by atoms with Crippen molar-refractivity contribution in [2.45, 2.75) is 51.7 Å². The van der Waals surface area contributed by atoms with Crippen LogP contribution in [0.4, 0.5) is 0 Å². The minimum absolute atomic E-state index is 0.618. The van der Waals surface area contributed by atoms with Crippen molar-refractivity contribution in [1.82, 2.24) is 25.0 Å². The van der Waals surface area contributed by atoms with Crippen molar-refractivity contribution in [2.75, 3.05) is 20.1 Å². The van der Waals surface area contributed by atoms with Crippen molar-refractivity contribution in [2.24, 2.45) is 5.92 Å². The van der Waals surface area contributed by atoms with Gasteiger partial charge in [0.05, 0.1) is 6.54 Å². The van der Waals surface area contributed by atoms with Crippen molar-refractivity contribution in [3.8, 4) is 0 Å². The Morgan fingerprint density at radius 1 is 1.26 bits per heavy atom. The van der Waals surface area contributed by atoms with Crippen LogP contribution < -0.4 is 5.32 Å². The van der Waals surface area contributed by atoms with E-state index in [-0.39, 0.29) is 0 Å². The molecule has 0 bridgehead atoms. The molecule has 1 aromatic rings. The number of hydrogen-bond acceptors (Lipinski definition) is 4. The normalized spacial score (nSPS) is 28.3. The highest BCUT2D eigenvalue weighted by molar-refractivity contribution is 4.99. The highest BCUT2D eigenvalue weighted by Crippen LogP contribution is 2.17. The summed E-state index contributed by atoms with van der Waals surface area (Å²) in [6, 6.07) is 0.618. The van der Waals surface area contributed by atoms with Gasteiger partial charge in [0.2, 0.25) is 0 Å². The number of nitrogens with one attached hydrogen (secondary N) is 1. The monoisotopic (exact) mass is 263 g/mol. The van der Waals surface area contributed by atoms with Gasteiger partial charge in [-0.15, -0.1) is 10.2 Å². The maximum absolute atomic E-state index is 4.36. The van der Waals surface area contributed by atoms with Gasteiger partial charge in [-0.1, -0.05) is 6.92 Å². The summed E-state index contributed by atoms with van der Waals surface area (Å²) < 4.78 is 2.32. The molecule has 3 rings (SSSR count). The number of likely N-dealkylation sites (tertiary alicyclic amines) is 1. The van der Waals surface area contributed by atoms with E-state index in [0.29, 0.717) is 12.0 Å². The number of piperidine rings is 1. The highest BCUT2D eigenvalue weighted by Gasteiger charge is 2.24. The molecule has 1 fully saturated rings. The van der Waals surface area contributed by atoms with Gasteiger partial charge in [-0.05, 0) is 38.8 Å². The van der Waals surface area contributed by atoms with Crippen LogP contribution in [0.2, 0.25) is 0 Å². The number of fused-ring (bicyclic) bond motifs is 1. The van der Waals surface area contributed by atoms with Gasteiger partial charge in [-0.3, -0.25) is 0 Å². The van der Waals surface area contributed by atoms with Gasteiger partial charge in [-0.25, -0.2) is 0 Å². The third kappa shape index (κ3) is 2.82. The smallest absolute Gasteiger partial charge is 0.147 e. The molecular weight excluding hydrogens is 238 g/mol. The number of hydrogen-bond donors (Lipinski definition) is 1. The Labute approximate surface area is 115 Å². The molecule has 2 atom stereocenters. The van der Waals surface area contributed by atoms with Crippen molar-refractivity contribution in [1.29, 1.82) is 0 Å². The van der Waals surface area contributed by atoms with Crippen LogP contribution in [0.5, 0.6) is 0 Å². The summed E-state index contributed by atoms with van der Waals surface area (Å²) in [6.07, 6.45) is 4.86. The molecule has 0 radical (unpaired) electrons. The first-order valence-corrected chi connectivity index (χ1v) is 7.57. The minimum Gasteiger partial charge on any atom is -0.314 e. The molecule has 1 aromatic heterocycles. The first-order valence-electron chi connectivity index (χ1n) is 7.57. The quantitative estimate of drug-likeness (QED) is 0.885. The van der Waals surface area contributed by atoms with Crippen LogP contribution in [0, 0.1) is 5.92 Å². The van der Waals surface area contributed by atoms with Crippen LogP contribution in [-0.4, -0.2) is 45.8 Å². The van der Waals surface area contributed by atoms with Crippen LogP contribution in [0.3, 0.4) is 0 Å². The molecule has 1 saturated heterocycles. The molecular formula is C14H25N5. The third-order valence-corrected chi connectivity index (χ3v) is 4.57. The number of aromatic nitrogens is 3. The molecule has 0 amide bonds. The van der Waals surface area contributed by atoms with Crippen molar-refractivity contribution in [3.63, 3.8) is 0 Å². The topological polar surface area (TPSA) is 46.0 Å². The van der Waals surface area contributed by atoms with E-state index >= 15 is 0 Å². The highest BCUT2D eigenvalue weighted by atomic mass is 15.3. The summed E-state index contributed by atoms with van der Waals surface area (Å²) in [5.74, 6) is 3.02. The van der Waals surface area contributed by atoms with Crippen molar-refractivity contribution >= 4 is 0 Å². The maximum atomic E-state index is 4.36. The van der Waals surface area contributed by atoms with Crippen LogP contribution in [0.15, 0.2) is 0 Å². The molecule has 0 spiro atoms. The molecule has 2 aliphatic heterocycles. The fraction of sp³-hybridized carbons (Fsp3) is 0.857. The zero-order valence-electron chi connectivity index (χ0n) is 12.1. The summed E-state index contributed by atoms with van der Waals surface area (Å²) in [7, 11) is 2.21. The summed E-state index contributed by atoms with van der Waals surface area (Å²) in [5, 5.41) is 12.4. The Bertz CT molecular complexity index is 427. The molecule has 0 aromatic carbocycles. The largest absolute Gasteiger partial charge is 0.314 e. The fourth-order valence-electron chi connectivity index (χ4n) is 3.38. The van der Waals surface area contributed by atoms with E-state index in [0.717, 1.165) is 25.3 Å². The van der Waals surface area contributed by atoms with Crippen molar-refractivity contribution < 1.29 is 0 Å². The zero-order valence-corrected chi connectivity index (χ0v) is 12.1. The molecule has 1 N–H and O–H groups in total. The van der Waals surface area contributed by atoms with Crippen LogP contribution in [0.1, 0.15) is 37.8 Å². The van der Waals surface area contributed by atoms with E-state index < -0.39 is 0 Å².